The van der Waals surface area contributed by atoms with Gasteiger partial charge in [0.15, 0.2) is 0 Å². The zero-order valence-corrected chi connectivity index (χ0v) is 10.8. The first-order chi connectivity index (χ1) is 7.16. The summed E-state index contributed by atoms with van der Waals surface area (Å²) in [5.74, 6) is 0. The lowest BCUT2D eigenvalue weighted by molar-refractivity contribution is 0.118. The minimum atomic E-state index is 0.398. The molecule has 1 nitrogen and oxygen atoms in total. The van der Waals surface area contributed by atoms with Crippen molar-refractivity contribution in [3.63, 3.8) is 0 Å². The molecule has 0 spiro atoms. The minimum absolute atomic E-state index is 0.398. The number of hydrogen-bond acceptors (Lipinski definition) is 1. The van der Waals surface area contributed by atoms with Crippen molar-refractivity contribution in [3.05, 3.63) is 32.8 Å². The smallest absolute Gasteiger partial charge is 0.0782 e. The van der Waals surface area contributed by atoms with E-state index in [0.29, 0.717) is 21.7 Å². The Hall–Kier alpha value is 0.0500. The van der Waals surface area contributed by atoms with Crippen LogP contribution in [-0.4, -0.2) is 6.61 Å². The van der Waals surface area contributed by atoms with Gasteiger partial charge in [0, 0.05) is 6.61 Å². The fourth-order valence-electron chi connectivity index (χ4n) is 1.11. The normalized spacial score (nSPS) is 10.7. The lowest BCUT2D eigenvalue weighted by Crippen LogP contribution is -1.96. The van der Waals surface area contributed by atoms with Crippen LogP contribution in [0.5, 0.6) is 0 Å². The molecule has 0 radical (unpaired) electrons. The van der Waals surface area contributed by atoms with E-state index in [-0.39, 0.29) is 0 Å². The molecule has 1 aromatic rings. The van der Waals surface area contributed by atoms with E-state index in [0.717, 1.165) is 25.0 Å². The third-order valence-electron chi connectivity index (χ3n) is 2.01. The zero-order chi connectivity index (χ0) is 11.3. The van der Waals surface area contributed by atoms with Gasteiger partial charge in [0.05, 0.1) is 21.7 Å². The fourth-order valence-corrected chi connectivity index (χ4v) is 1.72. The number of unbranched alkanes of at least 4 members (excludes halogenated alkanes) is 1. The quantitative estimate of drug-likeness (QED) is 0.541. The molecule has 0 aromatic heterocycles. The van der Waals surface area contributed by atoms with Crippen LogP contribution in [-0.2, 0) is 11.3 Å². The van der Waals surface area contributed by atoms with Gasteiger partial charge in [0.25, 0.3) is 0 Å². The van der Waals surface area contributed by atoms with Gasteiger partial charge in [-0.05, 0) is 18.1 Å². The highest BCUT2D eigenvalue weighted by atomic mass is 35.5. The van der Waals surface area contributed by atoms with Crippen LogP contribution in [0.25, 0.3) is 0 Å². The Labute approximate surface area is 105 Å². The average Bonchev–Trinajstić information content (AvgIpc) is 2.24. The summed E-state index contributed by atoms with van der Waals surface area (Å²) in [4.78, 5) is 0. The van der Waals surface area contributed by atoms with Gasteiger partial charge in [0.2, 0.25) is 0 Å². The van der Waals surface area contributed by atoms with Crippen molar-refractivity contribution in [1.29, 1.82) is 0 Å². The summed E-state index contributed by atoms with van der Waals surface area (Å²) in [5.41, 5.74) is 0.877. The molecule has 0 aliphatic carbocycles. The maximum Gasteiger partial charge on any atom is 0.0782 e. The Kier molecular flexibility index (Phi) is 5.77. The van der Waals surface area contributed by atoms with Crippen molar-refractivity contribution in [2.75, 3.05) is 6.61 Å². The number of rotatable bonds is 5. The Morgan fingerprint density at radius 1 is 1.13 bits per heavy atom. The molecule has 0 saturated heterocycles. The summed E-state index contributed by atoms with van der Waals surface area (Å²) in [6, 6.07) is 3.57. The largest absolute Gasteiger partial charge is 0.377 e. The second-order valence-corrected chi connectivity index (χ2v) is 4.40. The molecule has 0 atom stereocenters. The molecule has 84 valence electrons. The maximum atomic E-state index is 6.01. The van der Waals surface area contributed by atoms with Crippen LogP contribution in [0.3, 0.4) is 0 Å². The van der Waals surface area contributed by atoms with Crippen molar-refractivity contribution in [1.82, 2.24) is 0 Å². The van der Waals surface area contributed by atoms with Crippen LogP contribution < -0.4 is 0 Å². The molecular formula is C11H13Cl3O. The lowest BCUT2D eigenvalue weighted by Gasteiger charge is -2.07. The van der Waals surface area contributed by atoms with E-state index in [2.05, 4.69) is 6.92 Å². The molecule has 0 unspecified atom stereocenters. The van der Waals surface area contributed by atoms with E-state index >= 15 is 0 Å². The van der Waals surface area contributed by atoms with Gasteiger partial charge in [-0.1, -0.05) is 54.2 Å². The molecular weight excluding hydrogens is 254 g/mol. The highest BCUT2D eigenvalue weighted by molar-refractivity contribution is 6.48. The topological polar surface area (TPSA) is 9.23 Å². The molecule has 15 heavy (non-hydrogen) atoms. The van der Waals surface area contributed by atoms with Crippen LogP contribution in [0.1, 0.15) is 25.3 Å². The molecule has 1 rings (SSSR count). The first-order valence-electron chi connectivity index (χ1n) is 4.87. The number of ether oxygens (including phenoxy) is 1. The summed E-state index contributed by atoms with van der Waals surface area (Å²) >= 11 is 17.7. The Bertz CT molecular complexity index is 326. The van der Waals surface area contributed by atoms with Gasteiger partial charge < -0.3 is 4.74 Å². The van der Waals surface area contributed by atoms with E-state index in [1.165, 1.54) is 0 Å². The fraction of sp³-hybridized carbons (Fsp3) is 0.455. The van der Waals surface area contributed by atoms with Gasteiger partial charge >= 0.3 is 0 Å². The minimum Gasteiger partial charge on any atom is -0.377 e. The standard InChI is InChI=1S/C11H13Cl3O/c1-2-3-6-15-7-8-4-5-9(12)11(14)10(8)13/h4-5H,2-3,6-7H2,1H3. The highest BCUT2D eigenvalue weighted by Crippen LogP contribution is 2.32. The van der Waals surface area contributed by atoms with Gasteiger partial charge in [-0.3, -0.25) is 0 Å². The van der Waals surface area contributed by atoms with Crippen molar-refractivity contribution in [2.24, 2.45) is 0 Å². The molecule has 0 aliphatic rings. The van der Waals surface area contributed by atoms with E-state index in [1.54, 1.807) is 6.07 Å². The van der Waals surface area contributed by atoms with Crippen molar-refractivity contribution in [2.45, 2.75) is 26.4 Å². The van der Waals surface area contributed by atoms with Gasteiger partial charge in [-0.25, -0.2) is 0 Å². The van der Waals surface area contributed by atoms with E-state index in [1.807, 2.05) is 6.07 Å². The predicted octanol–water partition coefficient (Wildman–Crippen LogP) is 4.96. The molecule has 0 N–H and O–H groups in total. The Balaban J connectivity index is 2.58. The molecule has 0 amide bonds. The lowest BCUT2D eigenvalue weighted by atomic mass is 10.2. The summed E-state index contributed by atoms with van der Waals surface area (Å²) in [6.07, 6.45) is 2.17. The molecule has 0 aliphatic heterocycles. The summed E-state index contributed by atoms with van der Waals surface area (Å²) in [6.45, 7) is 3.35. The van der Waals surface area contributed by atoms with E-state index in [4.69, 9.17) is 39.5 Å². The van der Waals surface area contributed by atoms with Gasteiger partial charge in [0.1, 0.15) is 0 Å². The Morgan fingerprint density at radius 2 is 1.87 bits per heavy atom. The molecule has 0 bridgehead atoms. The monoisotopic (exact) mass is 266 g/mol. The second kappa shape index (κ2) is 6.59. The summed E-state index contributed by atoms with van der Waals surface area (Å²) < 4.78 is 5.45. The number of hydrogen-bond donors (Lipinski definition) is 0. The maximum absolute atomic E-state index is 6.01. The van der Waals surface area contributed by atoms with Crippen LogP contribution in [0.2, 0.25) is 15.1 Å². The van der Waals surface area contributed by atoms with Crippen molar-refractivity contribution < 1.29 is 4.74 Å². The molecule has 0 saturated carbocycles. The van der Waals surface area contributed by atoms with Crippen LogP contribution in [0, 0.1) is 0 Å². The first kappa shape index (κ1) is 13.1. The Morgan fingerprint density at radius 3 is 2.53 bits per heavy atom. The average molecular weight is 268 g/mol. The zero-order valence-electron chi connectivity index (χ0n) is 8.53. The first-order valence-corrected chi connectivity index (χ1v) is 6.00. The van der Waals surface area contributed by atoms with Crippen molar-refractivity contribution >= 4 is 34.8 Å². The number of halogens is 3. The van der Waals surface area contributed by atoms with Crippen molar-refractivity contribution in [3.8, 4) is 0 Å². The van der Waals surface area contributed by atoms with Crippen LogP contribution in [0.15, 0.2) is 12.1 Å². The van der Waals surface area contributed by atoms with E-state index in [9.17, 15) is 0 Å². The predicted molar refractivity (Wildman–Crippen MR) is 66.0 cm³/mol. The van der Waals surface area contributed by atoms with Gasteiger partial charge in [-0.2, -0.15) is 0 Å². The molecule has 1 aromatic carbocycles. The SMILES string of the molecule is CCCCOCc1ccc(Cl)c(Cl)c1Cl. The third-order valence-corrected chi connectivity index (χ3v) is 3.35. The van der Waals surface area contributed by atoms with Gasteiger partial charge in [-0.15, -0.1) is 0 Å². The highest BCUT2D eigenvalue weighted by Gasteiger charge is 2.08. The molecule has 0 heterocycles. The number of benzene rings is 1. The summed E-state index contributed by atoms with van der Waals surface area (Å²) in [5, 5.41) is 1.36. The second-order valence-electron chi connectivity index (χ2n) is 3.24. The van der Waals surface area contributed by atoms with E-state index < -0.39 is 0 Å². The third kappa shape index (κ3) is 3.84. The summed E-state index contributed by atoms with van der Waals surface area (Å²) in [7, 11) is 0. The van der Waals surface area contributed by atoms with Crippen LogP contribution in [0.4, 0.5) is 0 Å². The molecule has 4 heteroatoms. The molecule has 0 fully saturated rings. The van der Waals surface area contributed by atoms with Crippen LogP contribution >= 0.6 is 34.8 Å².